The molecule has 0 fully saturated rings. The lowest BCUT2D eigenvalue weighted by molar-refractivity contribution is -0.138. The third kappa shape index (κ3) is 4.03. The number of aliphatic carboxylic acids is 1. The van der Waals surface area contributed by atoms with Crippen molar-refractivity contribution >= 4 is 12.2 Å². The Balaban J connectivity index is 3.30. The summed E-state index contributed by atoms with van der Waals surface area (Å²) in [6.45, 7) is 0. The van der Waals surface area contributed by atoms with Crippen LogP contribution in [-0.2, 0) is 4.79 Å². The molecule has 1 atom stereocenters. The molecule has 0 bridgehead atoms. The summed E-state index contributed by atoms with van der Waals surface area (Å²) in [5, 5.41) is 14.9. The molecule has 0 saturated heterocycles. The van der Waals surface area contributed by atoms with E-state index in [2.05, 4.69) is 0 Å². The monoisotopic (exact) mass is 144 g/mol. The van der Waals surface area contributed by atoms with Gasteiger partial charge in [-0.3, -0.25) is 4.79 Å². The first-order chi connectivity index (χ1) is 4.68. The van der Waals surface area contributed by atoms with E-state index < -0.39 is 12.0 Å². The average molecular weight is 144 g/mol. The predicted octanol–water partition coefficient (Wildman–Crippen LogP) is 0.218. The maximum atomic E-state index is 10.1. The molecule has 0 spiro atoms. The Morgan fingerprint density at radius 2 is 2.40 bits per heavy atom. The van der Waals surface area contributed by atoms with Gasteiger partial charge in [0, 0.05) is 0 Å². The quantitative estimate of drug-likeness (QED) is 0.381. The van der Waals surface area contributed by atoms with Gasteiger partial charge >= 0.3 is 5.97 Å². The molecule has 4 nitrogen and oxygen atoms in total. The molecule has 4 heteroatoms. The van der Waals surface area contributed by atoms with Crippen LogP contribution in [0.15, 0.2) is 0 Å². The normalized spacial score (nSPS) is 12.5. The molecule has 58 valence electrons. The van der Waals surface area contributed by atoms with Crippen LogP contribution in [-0.4, -0.2) is 23.3 Å². The number of carboxylic acid groups (broad SMARTS) is 1. The number of hydrogen-bond acceptors (Lipinski definition) is 3. The van der Waals surface area contributed by atoms with E-state index in [1.807, 2.05) is 0 Å². The molecule has 0 radical (unpaired) electrons. The van der Waals surface area contributed by atoms with Gasteiger partial charge in [0.25, 0.3) is 0 Å². The van der Waals surface area contributed by atoms with Gasteiger partial charge in [0.2, 0.25) is 0 Å². The average Bonchev–Trinajstić information content (AvgIpc) is 1.88. The summed E-state index contributed by atoms with van der Waals surface area (Å²) in [6, 6.07) is -0.764. The van der Waals surface area contributed by atoms with E-state index >= 15 is 0 Å². The minimum absolute atomic E-state index is 0.449. The Bertz CT molecular complexity index is 125. The standard InChI is InChI=1S/C6H12N2O2/c7-4-2-1-3-5(8)6(9)10/h4-5,7H,1-3,8H2,(H,9,10). The number of hydrogen-bond donors (Lipinski definition) is 3. The lowest BCUT2D eigenvalue weighted by atomic mass is 10.1. The second-order valence-electron chi connectivity index (χ2n) is 2.08. The molecule has 0 aromatic heterocycles. The third-order valence-electron chi connectivity index (χ3n) is 1.18. The van der Waals surface area contributed by atoms with Gasteiger partial charge in [0.1, 0.15) is 6.04 Å². The molecule has 0 aromatic carbocycles. The first-order valence-electron chi connectivity index (χ1n) is 3.15. The molecule has 0 aliphatic heterocycles. The van der Waals surface area contributed by atoms with Crippen LogP contribution in [0, 0.1) is 5.41 Å². The Morgan fingerprint density at radius 1 is 1.80 bits per heavy atom. The molecule has 0 aliphatic rings. The molecule has 0 saturated carbocycles. The van der Waals surface area contributed by atoms with Gasteiger partial charge < -0.3 is 16.2 Å². The van der Waals surface area contributed by atoms with Crippen molar-refractivity contribution in [1.82, 2.24) is 0 Å². The van der Waals surface area contributed by atoms with Crippen LogP contribution in [0.5, 0.6) is 0 Å². The molecule has 0 rings (SSSR count). The maximum absolute atomic E-state index is 10.1. The molecular formula is C6H12N2O2. The molecule has 1 unspecified atom stereocenters. The van der Waals surface area contributed by atoms with Crippen molar-refractivity contribution in [3.63, 3.8) is 0 Å². The predicted molar refractivity (Wildman–Crippen MR) is 38.2 cm³/mol. The summed E-state index contributed by atoms with van der Waals surface area (Å²) < 4.78 is 0. The van der Waals surface area contributed by atoms with Crippen molar-refractivity contribution in [1.29, 1.82) is 5.41 Å². The summed E-state index contributed by atoms with van der Waals surface area (Å²) in [6.07, 6.45) is 3.00. The van der Waals surface area contributed by atoms with Crippen LogP contribution in [0.25, 0.3) is 0 Å². The largest absolute Gasteiger partial charge is 0.480 e. The van der Waals surface area contributed by atoms with Gasteiger partial charge in [-0.2, -0.15) is 0 Å². The van der Waals surface area contributed by atoms with E-state index in [1.165, 1.54) is 6.21 Å². The number of nitrogens with one attached hydrogen (secondary N) is 1. The topological polar surface area (TPSA) is 87.2 Å². The molecule has 0 aromatic rings. The van der Waals surface area contributed by atoms with Crippen LogP contribution in [0.3, 0.4) is 0 Å². The lowest BCUT2D eigenvalue weighted by Gasteiger charge is -2.02. The third-order valence-corrected chi connectivity index (χ3v) is 1.18. The van der Waals surface area contributed by atoms with Crippen molar-refractivity contribution in [3.8, 4) is 0 Å². The highest BCUT2D eigenvalue weighted by Crippen LogP contribution is 1.96. The van der Waals surface area contributed by atoms with Gasteiger partial charge in [-0.05, 0) is 25.5 Å². The Morgan fingerprint density at radius 3 is 2.80 bits per heavy atom. The van der Waals surface area contributed by atoms with Gasteiger partial charge in [-0.25, -0.2) is 0 Å². The zero-order chi connectivity index (χ0) is 7.98. The van der Waals surface area contributed by atoms with E-state index in [9.17, 15) is 4.79 Å². The molecule has 0 heterocycles. The second kappa shape index (κ2) is 4.93. The molecular weight excluding hydrogens is 132 g/mol. The fraction of sp³-hybridized carbons (Fsp3) is 0.667. The number of nitrogens with two attached hydrogens (primary N) is 1. The van der Waals surface area contributed by atoms with E-state index in [4.69, 9.17) is 16.2 Å². The minimum atomic E-state index is -0.968. The molecule has 4 N–H and O–H groups in total. The zero-order valence-electron chi connectivity index (χ0n) is 5.71. The molecule has 0 amide bonds. The fourth-order valence-electron chi connectivity index (χ4n) is 0.563. The Hall–Kier alpha value is -0.900. The first-order valence-corrected chi connectivity index (χ1v) is 3.15. The van der Waals surface area contributed by atoms with E-state index in [1.54, 1.807) is 0 Å². The minimum Gasteiger partial charge on any atom is -0.480 e. The smallest absolute Gasteiger partial charge is 0.320 e. The molecule has 10 heavy (non-hydrogen) atoms. The highest BCUT2D eigenvalue weighted by Gasteiger charge is 2.09. The number of carboxylic acids is 1. The summed E-state index contributed by atoms with van der Waals surface area (Å²) in [4.78, 5) is 10.1. The van der Waals surface area contributed by atoms with Gasteiger partial charge in [-0.15, -0.1) is 0 Å². The van der Waals surface area contributed by atoms with Crippen LogP contribution < -0.4 is 5.73 Å². The van der Waals surface area contributed by atoms with Crippen molar-refractivity contribution in [2.75, 3.05) is 0 Å². The number of unbranched alkanes of at least 4 members (excludes halogenated alkanes) is 1. The van der Waals surface area contributed by atoms with Gasteiger partial charge in [0.05, 0.1) is 0 Å². The van der Waals surface area contributed by atoms with E-state index in [0.717, 1.165) is 0 Å². The van der Waals surface area contributed by atoms with Crippen LogP contribution in [0.1, 0.15) is 19.3 Å². The Kier molecular flexibility index (Phi) is 4.49. The van der Waals surface area contributed by atoms with Crippen molar-refractivity contribution in [2.45, 2.75) is 25.3 Å². The maximum Gasteiger partial charge on any atom is 0.320 e. The zero-order valence-corrected chi connectivity index (χ0v) is 5.71. The summed E-state index contributed by atoms with van der Waals surface area (Å²) >= 11 is 0. The van der Waals surface area contributed by atoms with Crippen LogP contribution in [0.4, 0.5) is 0 Å². The first kappa shape index (κ1) is 9.10. The van der Waals surface area contributed by atoms with Crippen LogP contribution >= 0.6 is 0 Å². The number of carbonyl (C=O) groups is 1. The molecule has 0 aliphatic carbocycles. The highest BCUT2D eigenvalue weighted by atomic mass is 16.4. The van der Waals surface area contributed by atoms with Crippen LogP contribution in [0.2, 0.25) is 0 Å². The van der Waals surface area contributed by atoms with Gasteiger partial charge in [-0.1, -0.05) is 0 Å². The second-order valence-corrected chi connectivity index (χ2v) is 2.08. The van der Waals surface area contributed by atoms with E-state index in [-0.39, 0.29) is 0 Å². The Labute approximate surface area is 59.5 Å². The summed E-state index contributed by atoms with van der Waals surface area (Å²) in [7, 11) is 0. The van der Waals surface area contributed by atoms with E-state index in [0.29, 0.717) is 19.3 Å². The SMILES string of the molecule is N=CCCCC(N)C(=O)O. The summed E-state index contributed by atoms with van der Waals surface area (Å²) in [5.74, 6) is -0.968. The highest BCUT2D eigenvalue weighted by molar-refractivity contribution is 5.73. The van der Waals surface area contributed by atoms with Crippen molar-refractivity contribution in [3.05, 3.63) is 0 Å². The number of rotatable bonds is 5. The summed E-state index contributed by atoms with van der Waals surface area (Å²) in [5.41, 5.74) is 5.18. The lowest BCUT2D eigenvalue weighted by Crippen LogP contribution is -2.29. The van der Waals surface area contributed by atoms with Gasteiger partial charge in [0.15, 0.2) is 0 Å². The van der Waals surface area contributed by atoms with Crippen molar-refractivity contribution in [2.24, 2.45) is 5.73 Å². The van der Waals surface area contributed by atoms with Crippen molar-refractivity contribution < 1.29 is 9.90 Å². The fourth-order valence-corrected chi connectivity index (χ4v) is 0.563.